The van der Waals surface area contributed by atoms with Crippen molar-refractivity contribution in [3.8, 4) is 0 Å². The molecule has 4 heteroatoms. The van der Waals surface area contributed by atoms with E-state index in [9.17, 15) is 4.79 Å². The van der Waals surface area contributed by atoms with Crippen LogP contribution in [0.15, 0.2) is 34.7 Å². The second kappa shape index (κ2) is 5.05. The van der Waals surface area contributed by atoms with Crippen molar-refractivity contribution in [2.24, 2.45) is 0 Å². The number of fused-ring (bicyclic) bond motifs is 1. The summed E-state index contributed by atoms with van der Waals surface area (Å²) in [5, 5.41) is 7.21. The summed E-state index contributed by atoms with van der Waals surface area (Å²) in [6, 6.07) is 10.3. The van der Waals surface area contributed by atoms with Crippen LogP contribution < -0.4 is 10.6 Å². The van der Waals surface area contributed by atoms with Gasteiger partial charge in [0.25, 0.3) is 0 Å². The van der Waals surface area contributed by atoms with Gasteiger partial charge in [0.15, 0.2) is 0 Å². The summed E-state index contributed by atoms with van der Waals surface area (Å²) in [6.07, 6.45) is 2.37. The zero-order valence-corrected chi connectivity index (χ0v) is 11.0. The Hall–Kier alpha value is -1.81. The summed E-state index contributed by atoms with van der Waals surface area (Å²) in [7, 11) is 0. The van der Waals surface area contributed by atoms with E-state index in [2.05, 4.69) is 10.6 Å². The molecule has 1 unspecified atom stereocenters. The SMILES string of the molecule is CC(NC(=O)CNC1CC1)c1cc2ccccc2o1. The number of nitrogens with one attached hydrogen (secondary N) is 2. The van der Waals surface area contributed by atoms with Gasteiger partial charge in [0.1, 0.15) is 11.3 Å². The third-order valence-corrected chi connectivity index (χ3v) is 3.38. The summed E-state index contributed by atoms with van der Waals surface area (Å²) in [4.78, 5) is 11.8. The molecular formula is C15H18N2O2. The Bertz CT molecular complexity index is 554. The first-order valence-electron chi connectivity index (χ1n) is 6.73. The third-order valence-electron chi connectivity index (χ3n) is 3.38. The molecule has 19 heavy (non-hydrogen) atoms. The number of carbonyl (C=O) groups is 1. The van der Waals surface area contributed by atoms with Crippen molar-refractivity contribution in [3.05, 3.63) is 36.1 Å². The molecule has 0 saturated heterocycles. The van der Waals surface area contributed by atoms with Crippen molar-refractivity contribution in [2.75, 3.05) is 6.54 Å². The molecule has 2 N–H and O–H groups in total. The fourth-order valence-corrected chi connectivity index (χ4v) is 2.10. The number of carbonyl (C=O) groups excluding carboxylic acids is 1. The number of hydrogen-bond donors (Lipinski definition) is 2. The molecule has 0 aliphatic heterocycles. The van der Waals surface area contributed by atoms with Gasteiger partial charge in [0.2, 0.25) is 5.91 Å². The zero-order valence-electron chi connectivity index (χ0n) is 11.0. The van der Waals surface area contributed by atoms with Crippen LogP contribution in [-0.4, -0.2) is 18.5 Å². The number of benzene rings is 1. The number of hydrogen-bond acceptors (Lipinski definition) is 3. The first kappa shape index (κ1) is 12.2. The van der Waals surface area contributed by atoms with Gasteiger partial charge in [0, 0.05) is 11.4 Å². The topological polar surface area (TPSA) is 54.3 Å². The third kappa shape index (κ3) is 2.96. The molecule has 1 fully saturated rings. The van der Waals surface area contributed by atoms with Crippen molar-refractivity contribution in [1.82, 2.24) is 10.6 Å². The lowest BCUT2D eigenvalue weighted by Crippen LogP contribution is -2.36. The Kier molecular flexibility index (Phi) is 3.25. The highest BCUT2D eigenvalue weighted by Crippen LogP contribution is 2.23. The van der Waals surface area contributed by atoms with Crippen LogP contribution in [0.25, 0.3) is 11.0 Å². The second-order valence-corrected chi connectivity index (χ2v) is 5.13. The molecule has 0 spiro atoms. The minimum absolute atomic E-state index is 0.0138. The van der Waals surface area contributed by atoms with Crippen LogP contribution in [0.4, 0.5) is 0 Å². The fourth-order valence-electron chi connectivity index (χ4n) is 2.10. The molecule has 1 aromatic heterocycles. The molecule has 100 valence electrons. The van der Waals surface area contributed by atoms with Crippen LogP contribution >= 0.6 is 0 Å². The predicted octanol–water partition coefficient (Wildman–Crippen LogP) is 2.36. The molecule has 1 atom stereocenters. The number of rotatable bonds is 5. The first-order chi connectivity index (χ1) is 9.22. The van der Waals surface area contributed by atoms with Gasteiger partial charge in [-0.1, -0.05) is 18.2 Å². The lowest BCUT2D eigenvalue weighted by molar-refractivity contribution is -0.121. The van der Waals surface area contributed by atoms with Crippen LogP contribution in [-0.2, 0) is 4.79 Å². The molecule has 3 rings (SSSR count). The fraction of sp³-hybridized carbons (Fsp3) is 0.400. The molecule has 0 radical (unpaired) electrons. The summed E-state index contributed by atoms with van der Waals surface area (Å²) in [6.45, 7) is 2.32. The Morgan fingerprint density at radius 2 is 2.21 bits per heavy atom. The van der Waals surface area contributed by atoms with Crippen molar-refractivity contribution >= 4 is 16.9 Å². The highest BCUT2D eigenvalue weighted by Gasteiger charge is 2.22. The average molecular weight is 258 g/mol. The smallest absolute Gasteiger partial charge is 0.234 e. The molecule has 2 aromatic rings. The van der Waals surface area contributed by atoms with Gasteiger partial charge in [-0.3, -0.25) is 4.79 Å². The summed E-state index contributed by atoms with van der Waals surface area (Å²) >= 11 is 0. The van der Waals surface area contributed by atoms with E-state index in [4.69, 9.17) is 4.42 Å². The van der Waals surface area contributed by atoms with Crippen LogP contribution in [0, 0.1) is 0 Å². The molecule has 0 bridgehead atoms. The van der Waals surface area contributed by atoms with Gasteiger partial charge in [-0.15, -0.1) is 0 Å². The number of para-hydroxylation sites is 1. The van der Waals surface area contributed by atoms with Crippen LogP contribution in [0.2, 0.25) is 0 Å². The van der Waals surface area contributed by atoms with Crippen molar-refractivity contribution in [3.63, 3.8) is 0 Å². The molecule has 1 amide bonds. The number of amides is 1. The average Bonchev–Trinajstić information content (AvgIpc) is 3.13. The van der Waals surface area contributed by atoms with Gasteiger partial charge >= 0.3 is 0 Å². The largest absolute Gasteiger partial charge is 0.459 e. The molecule has 1 heterocycles. The Morgan fingerprint density at radius 1 is 1.42 bits per heavy atom. The highest BCUT2D eigenvalue weighted by atomic mass is 16.3. The van der Waals surface area contributed by atoms with E-state index in [-0.39, 0.29) is 11.9 Å². The standard InChI is InChI=1S/C15H18N2O2/c1-10(17-15(18)9-16-12-6-7-12)14-8-11-4-2-3-5-13(11)19-14/h2-5,8,10,12,16H,6-7,9H2,1H3,(H,17,18). The van der Waals surface area contributed by atoms with E-state index < -0.39 is 0 Å². The molecule has 4 nitrogen and oxygen atoms in total. The van der Waals surface area contributed by atoms with E-state index in [0.29, 0.717) is 12.6 Å². The van der Waals surface area contributed by atoms with Gasteiger partial charge in [-0.05, 0) is 31.9 Å². The van der Waals surface area contributed by atoms with E-state index in [1.807, 2.05) is 37.3 Å². The lowest BCUT2D eigenvalue weighted by Gasteiger charge is -2.11. The molecule has 1 saturated carbocycles. The van der Waals surface area contributed by atoms with Crippen molar-refractivity contribution in [1.29, 1.82) is 0 Å². The Balaban J connectivity index is 1.61. The summed E-state index contributed by atoms with van der Waals surface area (Å²) in [5.41, 5.74) is 0.856. The molecular weight excluding hydrogens is 240 g/mol. The monoisotopic (exact) mass is 258 g/mol. The normalized spacial score (nSPS) is 16.5. The zero-order chi connectivity index (χ0) is 13.2. The number of furan rings is 1. The van der Waals surface area contributed by atoms with Gasteiger partial charge in [-0.2, -0.15) is 0 Å². The van der Waals surface area contributed by atoms with Crippen LogP contribution in [0.3, 0.4) is 0 Å². The Morgan fingerprint density at radius 3 is 2.95 bits per heavy atom. The molecule has 1 aromatic carbocycles. The first-order valence-corrected chi connectivity index (χ1v) is 6.73. The molecule has 1 aliphatic carbocycles. The summed E-state index contributed by atoms with van der Waals surface area (Å²) < 4.78 is 5.73. The van der Waals surface area contributed by atoms with Gasteiger partial charge < -0.3 is 15.1 Å². The lowest BCUT2D eigenvalue weighted by atomic mass is 10.2. The quantitative estimate of drug-likeness (QED) is 0.865. The maximum absolute atomic E-state index is 11.8. The van der Waals surface area contributed by atoms with Crippen LogP contribution in [0.5, 0.6) is 0 Å². The Labute approximate surface area is 112 Å². The highest BCUT2D eigenvalue weighted by molar-refractivity contribution is 5.80. The maximum Gasteiger partial charge on any atom is 0.234 e. The van der Waals surface area contributed by atoms with Gasteiger partial charge in [0.05, 0.1) is 12.6 Å². The predicted molar refractivity (Wildman–Crippen MR) is 73.8 cm³/mol. The molecule has 1 aliphatic rings. The summed E-state index contributed by atoms with van der Waals surface area (Å²) in [5.74, 6) is 0.806. The minimum Gasteiger partial charge on any atom is -0.459 e. The van der Waals surface area contributed by atoms with Crippen molar-refractivity contribution < 1.29 is 9.21 Å². The van der Waals surface area contributed by atoms with Crippen LogP contribution in [0.1, 0.15) is 31.6 Å². The van der Waals surface area contributed by atoms with E-state index >= 15 is 0 Å². The second-order valence-electron chi connectivity index (χ2n) is 5.13. The van der Waals surface area contributed by atoms with E-state index in [1.165, 1.54) is 12.8 Å². The van der Waals surface area contributed by atoms with E-state index in [1.54, 1.807) is 0 Å². The van der Waals surface area contributed by atoms with Gasteiger partial charge in [-0.25, -0.2) is 0 Å². The maximum atomic E-state index is 11.8. The minimum atomic E-state index is -0.110. The van der Waals surface area contributed by atoms with Crippen molar-refractivity contribution in [2.45, 2.75) is 31.8 Å². The van der Waals surface area contributed by atoms with E-state index in [0.717, 1.165) is 16.7 Å².